The first-order chi connectivity index (χ1) is 8.27. The van der Waals surface area contributed by atoms with Crippen LogP contribution in [0.3, 0.4) is 0 Å². The van der Waals surface area contributed by atoms with E-state index in [0.29, 0.717) is 6.04 Å². The molecule has 0 spiro atoms. The maximum Gasteiger partial charge on any atom is 0.0303 e. The highest BCUT2D eigenvalue weighted by Crippen LogP contribution is 2.23. The molecule has 1 aromatic carbocycles. The number of rotatable bonds is 4. The van der Waals surface area contributed by atoms with Gasteiger partial charge in [-0.25, -0.2) is 0 Å². The van der Waals surface area contributed by atoms with Crippen molar-refractivity contribution in [2.75, 3.05) is 19.6 Å². The monoisotopic (exact) mass is 296 g/mol. The van der Waals surface area contributed by atoms with Crippen LogP contribution in [0.2, 0.25) is 0 Å². The van der Waals surface area contributed by atoms with E-state index in [4.69, 9.17) is 0 Å². The van der Waals surface area contributed by atoms with Gasteiger partial charge in [-0.05, 0) is 56.9 Å². The smallest absolute Gasteiger partial charge is 0.0303 e. The highest BCUT2D eigenvalue weighted by atomic mass is 79.9. The van der Waals surface area contributed by atoms with Crippen molar-refractivity contribution in [3.63, 3.8) is 0 Å². The normalized spacial score (nSPS) is 19.2. The summed E-state index contributed by atoms with van der Waals surface area (Å²) in [5, 5.41) is 7.06. The molecule has 0 aliphatic carbocycles. The lowest BCUT2D eigenvalue weighted by molar-refractivity contribution is 0.345. The Morgan fingerprint density at radius 2 is 2.06 bits per heavy atom. The first-order valence-corrected chi connectivity index (χ1v) is 7.25. The molecule has 17 heavy (non-hydrogen) atoms. The van der Waals surface area contributed by atoms with Gasteiger partial charge in [0, 0.05) is 10.5 Å². The second-order valence-electron chi connectivity index (χ2n) is 4.84. The third-order valence-corrected chi connectivity index (χ3v) is 4.27. The molecule has 0 saturated carbocycles. The van der Waals surface area contributed by atoms with Crippen LogP contribution in [-0.2, 0) is 0 Å². The Morgan fingerprint density at radius 1 is 1.35 bits per heavy atom. The number of halogens is 1. The van der Waals surface area contributed by atoms with E-state index in [9.17, 15) is 0 Å². The van der Waals surface area contributed by atoms with E-state index in [1.54, 1.807) is 0 Å². The first kappa shape index (κ1) is 13.1. The van der Waals surface area contributed by atoms with E-state index in [1.807, 2.05) is 0 Å². The van der Waals surface area contributed by atoms with Gasteiger partial charge in [0.25, 0.3) is 0 Å². The summed E-state index contributed by atoms with van der Waals surface area (Å²) < 4.78 is 1.20. The number of benzene rings is 1. The Labute approximate surface area is 112 Å². The van der Waals surface area contributed by atoms with Crippen molar-refractivity contribution in [2.24, 2.45) is 5.92 Å². The molecule has 1 aliphatic rings. The predicted octanol–water partition coefficient (Wildman–Crippen LogP) is 3.10. The minimum Gasteiger partial charge on any atom is -0.317 e. The summed E-state index contributed by atoms with van der Waals surface area (Å²) in [6, 6.07) is 8.87. The van der Waals surface area contributed by atoms with Crippen LogP contribution in [0.15, 0.2) is 28.7 Å². The molecule has 3 heteroatoms. The lowest BCUT2D eigenvalue weighted by atomic mass is 9.97. The Hall–Kier alpha value is -0.380. The van der Waals surface area contributed by atoms with E-state index in [1.165, 1.54) is 36.0 Å². The molecule has 2 nitrogen and oxygen atoms in total. The molecule has 1 fully saturated rings. The molecule has 0 amide bonds. The zero-order chi connectivity index (χ0) is 12.1. The molecule has 0 aromatic heterocycles. The lowest BCUT2D eigenvalue weighted by Gasteiger charge is -2.25. The van der Waals surface area contributed by atoms with Gasteiger partial charge in [-0.15, -0.1) is 0 Å². The van der Waals surface area contributed by atoms with Crippen molar-refractivity contribution >= 4 is 15.9 Å². The molecule has 2 N–H and O–H groups in total. The molecule has 1 aliphatic heterocycles. The van der Waals surface area contributed by atoms with Crippen LogP contribution in [0.4, 0.5) is 0 Å². The van der Waals surface area contributed by atoms with Crippen molar-refractivity contribution in [1.82, 2.24) is 10.6 Å². The molecule has 0 radical (unpaired) electrons. The van der Waals surface area contributed by atoms with Crippen molar-refractivity contribution < 1.29 is 0 Å². The fraction of sp³-hybridized carbons (Fsp3) is 0.571. The Balaban J connectivity index is 1.84. The Kier molecular flexibility index (Phi) is 5.01. The van der Waals surface area contributed by atoms with Crippen LogP contribution in [0.5, 0.6) is 0 Å². The zero-order valence-electron chi connectivity index (χ0n) is 10.4. The molecule has 0 bridgehead atoms. The summed E-state index contributed by atoms with van der Waals surface area (Å²) in [7, 11) is 0. The summed E-state index contributed by atoms with van der Waals surface area (Å²) in [5.74, 6) is 0.834. The fourth-order valence-corrected chi connectivity index (χ4v) is 2.99. The topological polar surface area (TPSA) is 24.1 Å². The molecule has 1 saturated heterocycles. The standard InChI is InChI=1S/C14H21BrN2/c1-11(13-4-2-3-5-14(13)15)17-10-12-6-8-16-9-7-12/h2-5,11-12,16-17H,6-10H2,1H3/t11-/m1/s1. The van der Waals surface area contributed by atoms with Gasteiger partial charge in [-0.1, -0.05) is 34.1 Å². The minimum atomic E-state index is 0.417. The molecule has 94 valence electrons. The van der Waals surface area contributed by atoms with Crippen molar-refractivity contribution in [3.05, 3.63) is 34.3 Å². The largest absolute Gasteiger partial charge is 0.317 e. The van der Waals surface area contributed by atoms with Gasteiger partial charge in [-0.2, -0.15) is 0 Å². The molecule has 1 heterocycles. The van der Waals surface area contributed by atoms with Crippen molar-refractivity contribution in [3.8, 4) is 0 Å². The minimum absolute atomic E-state index is 0.417. The Morgan fingerprint density at radius 3 is 2.76 bits per heavy atom. The second-order valence-corrected chi connectivity index (χ2v) is 5.70. The highest BCUT2D eigenvalue weighted by molar-refractivity contribution is 9.10. The lowest BCUT2D eigenvalue weighted by Crippen LogP contribution is -2.34. The van der Waals surface area contributed by atoms with Gasteiger partial charge in [0.1, 0.15) is 0 Å². The highest BCUT2D eigenvalue weighted by Gasteiger charge is 2.15. The van der Waals surface area contributed by atoms with Crippen molar-refractivity contribution in [1.29, 1.82) is 0 Å². The summed E-state index contributed by atoms with van der Waals surface area (Å²) >= 11 is 3.61. The van der Waals surface area contributed by atoms with Gasteiger partial charge < -0.3 is 10.6 Å². The van der Waals surface area contributed by atoms with E-state index in [-0.39, 0.29) is 0 Å². The molecule has 1 aromatic rings. The second kappa shape index (κ2) is 6.53. The third-order valence-electron chi connectivity index (χ3n) is 3.54. The summed E-state index contributed by atoms with van der Waals surface area (Å²) in [5.41, 5.74) is 1.35. The molecule has 2 rings (SSSR count). The van der Waals surface area contributed by atoms with Crippen LogP contribution in [-0.4, -0.2) is 19.6 Å². The third kappa shape index (κ3) is 3.80. The van der Waals surface area contributed by atoms with Crippen LogP contribution in [0.25, 0.3) is 0 Å². The van der Waals surface area contributed by atoms with E-state index in [2.05, 4.69) is 57.8 Å². The number of nitrogens with one attached hydrogen (secondary N) is 2. The van der Waals surface area contributed by atoms with Crippen LogP contribution >= 0.6 is 15.9 Å². The molecular formula is C14H21BrN2. The van der Waals surface area contributed by atoms with E-state index in [0.717, 1.165) is 12.5 Å². The van der Waals surface area contributed by atoms with Crippen LogP contribution < -0.4 is 10.6 Å². The summed E-state index contributed by atoms with van der Waals surface area (Å²) in [6.07, 6.45) is 2.60. The SMILES string of the molecule is C[C@@H](NCC1CCNCC1)c1ccccc1Br. The van der Waals surface area contributed by atoms with Gasteiger partial charge in [0.05, 0.1) is 0 Å². The maximum absolute atomic E-state index is 3.65. The zero-order valence-corrected chi connectivity index (χ0v) is 12.0. The Bertz CT molecular complexity index is 348. The first-order valence-electron chi connectivity index (χ1n) is 6.46. The molecule has 1 atom stereocenters. The predicted molar refractivity (Wildman–Crippen MR) is 76.2 cm³/mol. The van der Waals surface area contributed by atoms with E-state index >= 15 is 0 Å². The molecule has 0 unspecified atom stereocenters. The summed E-state index contributed by atoms with van der Waals surface area (Å²) in [6.45, 7) is 5.72. The molecular weight excluding hydrogens is 276 g/mol. The fourth-order valence-electron chi connectivity index (χ4n) is 2.37. The number of piperidine rings is 1. The van der Waals surface area contributed by atoms with Gasteiger partial charge >= 0.3 is 0 Å². The van der Waals surface area contributed by atoms with Crippen molar-refractivity contribution in [2.45, 2.75) is 25.8 Å². The quantitative estimate of drug-likeness (QED) is 0.892. The van der Waals surface area contributed by atoms with Gasteiger partial charge in [0.15, 0.2) is 0 Å². The van der Waals surface area contributed by atoms with Crippen LogP contribution in [0, 0.1) is 5.92 Å². The number of hydrogen-bond acceptors (Lipinski definition) is 2. The summed E-state index contributed by atoms with van der Waals surface area (Å²) in [4.78, 5) is 0. The average Bonchev–Trinajstić information content (AvgIpc) is 2.38. The maximum atomic E-state index is 3.65. The van der Waals surface area contributed by atoms with E-state index < -0.39 is 0 Å². The van der Waals surface area contributed by atoms with Crippen LogP contribution in [0.1, 0.15) is 31.4 Å². The number of hydrogen-bond donors (Lipinski definition) is 2. The van der Waals surface area contributed by atoms with Gasteiger partial charge in [-0.3, -0.25) is 0 Å². The average molecular weight is 297 g/mol. The van der Waals surface area contributed by atoms with Gasteiger partial charge in [0.2, 0.25) is 0 Å².